The van der Waals surface area contributed by atoms with Gasteiger partial charge in [-0.05, 0) is 12.8 Å². The average Bonchev–Trinajstić information content (AvgIpc) is 2.49. The van der Waals surface area contributed by atoms with Crippen LogP contribution in [-0.4, -0.2) is 21.3 Å². The molecule has 2 N–H and O–H groups in total. The molecule has 0 rings (SSSR count). The van der Waals surface area contributed by atoms with E-state index in [0.29, 0.717) is 6.42 Å². The Hall–Kier alpha value is 0.630. The van der Waals surface area contributed by atoms with Crippen molar-refractivity contribution in [2.45, 2.75) is 103 Å². The highest BCUT2D eigenvalue weighted by Crippen LogP contribution is 2.35. The summed E-state index contributed by atoms with van der Waals surface area (Å²) < 4.78 is 10.7. The molecular weight excluding hydrogens is 375 g/mol. The largest absolute Gasteiger partial charge is 0.325 e. The van der Waals surface area contributed by atoms with Crippen molar-refractivity contribution in [1.82, 2.24) is 0 Å². The molecule has 0 aromatic heterocycles. The van der Waals surface area contributed by atoms with E-state index in [-0.39, 0.29) is 6.16 Å². The van der Waals surface area contributed by atoms with Crippen LogP contribution in [0, 0.1) is 0 Å². The first-order valence-electron chi connectivity index (χ1n) is 9.67. The molecule has 0 bridgehead atoms. The van der Waals surface area contributed by atoms with Crippen LogP contribution in [0.3, 0.4) is 0 Å². The van der Waals surface area contributed by atoms with Crippen molar-refractivity contribution in [2.75, 3.05) is 11.5 Å². The predicted octanol–water partition coefficient (Wildman–Crippen LogP) is 6.80. The lowest BCUT2D eigenvalue weighted by molar-refractivity contribution is 0.370. The number of hydrogen-bond acceptors (Lipinski definition) is 1. The molecule has 0 atom stereocenters. The molecule has 0 saturated heterocycles. The van der Waals surface area contributed by atoms with Gasteiger partial charge in [-0.25, -0.2) is 0 Å². The maximum absolute atomic E-state index is 10.7. The Morgan fingerprint density at radius 2 is 0.783 bits per heavy atom. The third kappa shape index (κ3) is 22.6. The van der Waals surface area contributed by atoms with Crippen molar-refractivity contribution >= 4 is 23.5 Å². The number of rotatable bonds is 18. The zero-order chi connectivity index (χ0) is 17.2. The van der Waals surface area contributed by atoms with Crippen molar-refractivity contribution in [1.29, 1.82) is 0 Å². The highest BCUT2D eigenvalue weighted by molar-refractivity contribution is 9.09. The lowest BCUT2D eigenvalue weighted by atomic mass is 10.0. The van der Waals surface area contributed by atoms with Gasteiger partial charge in [-0.3, -0.25) is 4.57 Å². The Morgan fingerprint density at radius 3 is 1.04 bits per heavy atom. The van der Waals surface area contributed by atoms with Crippen LogP contribution >= 0.6 is 23.5 Å². The van der Waals surface area contributed by atoms with E-state index in [1.54, 1.807) is 0 Å². The van der Waals surface area contributed by atoms with E-state index in [1.807, 2.05) is 0 Å². The van der Waals surface area contributed by atoms with Crippen LogP contribution in [0.2, 0.25) is 0 Å². The van der Waals surface area contributed by atoms with Gasteiger partial charge in [0.05, 0.1) is 0 Å². The Bertz CT molecular complexity index is 281. The third-order valence-electron chi connectivity index (χ3n) is 4.33. The lowest BCUT2D eigenvalue weighted by Gasteiger charge is -2.04. The molecule has 0 aromatic rings. The van der Waals surface area contributed by atoms with Crippen LogP contribution in [0.15, 0.2) is 0 Å². The zero-order valence-corrected chi connectivity index (χ0v) is 17.3. The van der Waals surface area contributed by atoms with Crippen LogP contribution in [0.25, 0.3) is 0 Å². The molecule has 140 valence electrons. The van der Waals surface area contributed by atoms with Crippen LogP contribution in [0.5, 0.6) is 0 Å². The highest BCUT2D eigenvalue weighted by atomic mass is 79.9. The van der Waals surface area contributed by atoms with E-state index in [0.717, 1.165) is 18.2 Å². The first kappa shape index (κ1) is 23.6. The van der Waals surface area contributed by atoms with Gasteiger partial charge in [-0.15, -0.1) is 0 Å². The Morgan fingerprint density at radius 1 is 0.522 bits per heavy atom. The fourth-order valence-electron chi connectivity index (χ4n) is 2.89. The molecule has 0 aliphatic carbocycles. The van der Waals surface area contributed by atoms with Gasteiger partial charge in [0, 0.05) is 11.5 Å². The normalized spacial score (nSPS) is 12.0. The molecule has 0 radical (unpaired) electrons. The summed E-state index contributed by atoms with van der Waals surface area (Å²) in [5.74, 6) is 0. The first-order valence-corrected chi connectivity index (χ1v) is 12.6. The number of hydrogen-bond donors (Lipinski definition) is 2. The van der Waals surface area contributed by atoms with Gasteiger partial charge in [0.2, 0.25) is 0 Å². The molecular formula is C18H38BrO3P. The first-order chi connectivity index (χ1) is 11.1. The maximum Gasteiger partial charge on any atom is 0.325 e. The summed E-state index contributed by atoms with van der Waals surface area (Å²) >= 11 is 3.47. The summed E-state index contributed by atoms with van der Waals surface area (Å²) in [4.78, 5) is 17.5. The van der Waals surface area contributed by atoms with Gasteiger partial charge in [-0.2, -0.15) is 0 Å². The van der Waals surface area contributed by atoms with Gasteiger partial charge in [0.15, 0.2) is 0 Å². The van der Waals surface area contributed by atoms with Crippen LogP contribution in [-0.2, 0) is 4.57 Å². The topological polar surface area (TPSA) is 57.5 Å². The van der Waals surface area contributed by atoms with Crippen LogP contribution < -0.4 is 0 Å². The molecule has 0 fully saturated rings. The summed E-state index contributed by atoms with van der Waals surface area (Å²) in [6, 6.07) is 0. The SMILES string of the molecule is O=P(O)(O)CCCCCCCCCCCCCCCCCCBr. The second-order valence-electron chi connectivity index (χ2n) is 6.73. The number of halogens is 1. The number of unbranched alkanes of at least 4 members (excludes halogenated alkanes) is 15. The molecule has 23 heavy (non-hydrogen) atoms. The van der Waals surface area contributed by atoms with Crippen molar-refractivity contribution in [3.63, 3.8) is 0 Å². The highest BCUT2D eigenvalue weighted by Gasteiger charge is 2.10. The Kier molecular flexibility index (Phi) is 17.9. The van der Waals surface area contributed by atoms with E-state index in [9.17, 15) is 4.57 Å². The van der Waals surface area contributed by atoms with E-state index >= 15 is 0 Å². The summed E-state index contributed by atoms with van der Waals surface area (Å²) in [5, 5.41) is 1.15. The third-order valence-corrected chi connectivity index (χ3v) is 5.79. The molecule has 0 amide bonds. The fraction of sp³-hybridized carbons (Fsp3) is 1.00. The van der Waals surface area contributed by atoms with Gasteiger partial charge in [-0.1, -0.05) is 106 Å². The Balaban J connectivity index is 3.01. The van der Waals surface area contributed by atoms with Crippen molar-refractivity contribution in [2.24, 2.45) is 0 Å². The molecule has 0 aliphatic rings. The molecule has 0 aromatic carbocycles. The van der Waals surface area contributed by atoms with E-state index in [1.165, 1.54) is 83.5 Å². The van der Waals surface area contributed by atoms with E-state index in [2.05, 4.69) is 15.9 Å². The molecule has 0 aliphatic heterocycles. The second-order valence-corrected chi connectivity index (χ2v) is 9.30. The minimum atomic E-state index is -3.76. The van der Waals surface area contributed by atoms with Gasteiger partial charge in [0.25, 0.3) is 0 Å². The lowest BCUT2D eigenvalue weighted by Crippen LogP contribution is -1.88. The van der Waals surface area contributed by atoms with E-state index < -0.39 is 7.60 Å². The summed E-state index contributed by atoms with van der Waals surface area (Å²) in [7, 11) is -3.76. The second kappa shape index (κ2) is 17.5. The van der Waals surface area contributed by atoms with Crippen LogP contribution in [0.4, 0.5) is 0 Å². The fourth-order valence-corrected chi connectivity index (χ4v) is 3.92. The summed E-state index contributed by atoms with van der Waals surface area (Å²) in [6.45, 7) is 0. The minimum Gasteiger partial charge on any atom is -0.324 e. The smallest absolute Gasteiger partial charge is 0.324 e. The van der Waals surface area contributed by atoms with Gasteiger partial charge in [0.1, 0.15) is 0 Å². The predicted molar refractivity (Wildman–Crippen MR) is 105 cm³/mol. The minimum absolute atomic E-state index is 0.0590. The average molecular weight is 413 g/mol. The molecule has 0 unspecified atom stereocenters. The standard InChI is InChI=1S/C18H38BrO3P/c19-17-15-13-11-9-7-5-3-1-2-4-6-8-10-12-14-16-18-23(20,21)22/h1-18H2,(H2,20,21,22). The summed E-state index contributed by atoms with van der Waals surface area (Å²) in [6.07, 6.45) is 20.5. The van der Waals surface area contributed by atoms with Gasteiger partial charge >= 0.3 is 7.60 Å². The molecule has 0 saturated carbocycles. The van der Waals surface area contributed by atoms with E-state index in [4.69, 9.17) is 9.79 Å². The number of alkyl halides is 1. The maximum atomic E-state index is 10.7. The van der Waals surface area contributed by atoms with Gasteiger partial charge < -0.3 is 9.79 Å². The summed E-state index contributed by atoms with van der Waals surface area (Å²) in [5.41, 5.74) is 0. The van der Waals surface area contributed by atoms with Crippen molar-refractivity contribution < 1.29 is 14.4 Å². The molecule has 0 spiro atoms. The van der Waals surface area contributed by atoms with Crippen molar-refractivity contribution in [3.8, 4) is 0 Å². The molecule has 5 heteroatoms. The molecule has 0 heterocycles. The monoisotopic (exact) mass is 412 g/mol. The Labute approximate surface area is 152 Å². The quantitative estimate of drug-likeness (QED) is 0.148. The van der Waals surface area contributed by atoms with Crippen molar-refractivity contribution in [3.05, 3.63) is 0 Å². The molecule has 3 nitrogen and oxygen atoms in total. The van der Waals surface area contributed by atoms with Crippen LogP contribution in [0.1, 0.15) is 103 Å². The zero-order valence-electron chi connectivity index (χ0n) is 14.9.